The second-order valence-electron chi connectivity index (χ2n) is 5.42. The normalized spacial score (nSPS) is 10.5. The summed E-state index contributed by atoms with van der Waals surface area (Å²) in [5.74, 6) is -0.499. The largest absolute Gasteiger partial charge is 0.504 e. The third-order valence-corrected chi connectivity index (χ3v) is 4.29. The molecule has 3 aromatic rings. The summed E-state index contributed by atoms with van der Waals surface area (Å²) in [4.78, 5) is 16.5. The van der Waals surface area contributed by atoms with Gasteiger partial charge >= 0.3 is 0 Å². The van der Waals surface area contributed by atoms with Crippen LogP contribution in [0, 0.1) is 6.92 Å². The maximum absolute atomic E-state index is 12.1. The zero-order chi connectivity index (χ0) is 17.1. The number of carbonyl (C=O) groups excluding carboxylic acids is 1. The first-order valence-corrected chi connectivity index (χ1v) is 8.22. The number of amides is 1. The van der Waals surface area contributed by atoms with Gasteiger partial charge in [-0.2, -0.15) is 0 Å². The smallest absolute Gasteiger partial charge is 0.231 e. The highest BCUT2D eigenvalue weighted by Gasteiger charge is 2.11. The van der Waals surface area contributed by atoms with Crippen LogP contribution in [0.3, 0.4) is 0 Å². The average molecular weight is 340 g/mol. The molecule has 0 saturated heterocycles. The lowest BCUT2D eigenvalue weighted by Crippen LogP contribution is -2.14. The molecule has 5 nitrogen and oxygen atoms in total. The lowest BCUT2D eigenvalue weighted by molar-refractivity contribution is -0.115. The van der Waals surface area contributed by atoms with Crippen LogP contribution >= 0.6 is 11.3 Å². The van der Waals surface area contributed by atoms with Crippen molar-refractivity contribution in [3.05, 3.63) is 58.4 Å². The van der Waals surface area contributed by atoms with E-state index in [2.05, 4.69) is 10.3 Å². The van der Waals surface area contributed by atoms with Crippen molar-refractivity contribution in [1.82, 2.24) is 4.98 Å². The van der Waals surface area contributed by atoms with Crippen LogP contribution in [0.25, 0.3) is 11.3 Å². The van der Waals surface area contributed by atoms with Crippen molar-refractivity contribution < 1.29 is 15.0 Å². The molecule has 0 radical (unpaired) electrons. The Morgan fingerprint density at radius 1 is 1.17 bits per heavy atom. The molecule has 3 N–H and O–H groups in total. The van der Waals surface area contributed by atoms with Crippen LogP contribution in [0.2, 0.25) is 0 Å². The Balaban J connectivity index is 1.69. The zero-order valence-corrected chi connectivity index (χ0v) is 13.8. The molecular formula is C18H16N2O3S. The van der Waals surface area contributed by atoms with Crippen molar-refractivity contribution in [2.75, 3.05) is 5.32 Å². The number of benzene rings is 2. The van der Waals surface area contributed by atoms with E-state index in [-0.39, 0.29) is 23.8 Å². The Bertz CT molecular complexity index is 889. The van der Waals surface area contributed by atoms with E-state index in [1.165, 1.54) is 23.5 Å². The fraction of sp³-hybridized carbons (Fsp3) is 0.111. The molecule has 0 aliphatic carbocycles. The molecule has 0 spiro atoms. The molecule has 24 heavy (non-hydrogen) atoms. The quantitative estimate of drug-likeness (QED) is 0.632. The van der Waals surface area contributed by atoms with Crippen LogP contribution < -0.4 is 5.32 Å². The van der Waals surface area contributed by atoms with Gasteiger partial charge in [0, 0.05) is 16.6 Å². The minimum atomic E-state index is -0.195. The number of aryl methyl sites for hydroxylation is 1. The number of hydrogen-bond acceptors (Lipinski definition) is 5. The van der Waals surface area contributed by atoms with E-state index in [9.17, 15) is 15.0 Å². The molecule has 1 heterocycles. The first-order valence-electron chi connectivity index (χ1n) is 7.34. The summed E-state index contributed by atoms with van der Waals surface area (Å²) in [5, 5.41) is 24.3. The molecule has 0 atom stereocenters. The van der Waals surface area contributed by atoms with Gasteiger partial charge < -0.3 is 15.5 Å². The highest BCUT2D eigenvalue weighted by molar-refractivity contribution is 7.10. The van der Waals surface area contributed by atoms with Gasteiger partial charge in [-0.15, -0.1) is 11.3 Å². The van der Waals surface area contributed by atoms with Crippen LogP contribution in [0.1, 0.15) is 10.6 Å². The number of rotatable bonds is 4. The van der Waals surface area contributed by atoms with E-state index in [4.69, 9.17) is 0 Å². The summed E-state index contributed by atoms with van der Waals surface area (Å²) >= 11 is 1.38. The number of nitrogens with zero attached hydrogens (tertiary/aromatic N) is 1. The Morgan fingerprint density at radius 2 is 2.00 bits per heavy atom. The molecule has 6 heteroatoms. The average Bonchev–Trinajstić information content (AvgIpc) is 2.98. The molecule has 3 rings (SSSR count). The molecular weight excluding hydrogens is 324 g/mol. The molecule has 0 aliphatic rings. The van der Waals surface area contributed by atoms with Crippen molar-refractivity contribution in [3.63, 3.8) is 0 Å². The fourth-order valence-corrected chi connectivity index (χ4v) is 3.07. The standard InChI is InChI=1S/C18H16N2O3S/c1-11-3-2-4-13(7-11)19-17(23)9-18-20-14(10-24-18)12-5-6-15(21)16(22)8-12/h2-8,10,21-22H,9H2,1H3,(H,19,23). The second-order valence-corrected chi connectivity index (χ2v) is 6.37. The highest BCUT2D eigenvalue weighted by atomic mass is 32.1. The van der Waals surface area contributed by atoms with Crippen LogP contribution in [-0.4, -0.2) is 21.1 Å². The second kappa shape index (κ2) is 6.72. The molecule has 0 bridgehead atoms. The number of nitrogens with one attached hydrogen (secondary N) is 1. The first kappa shape index (κ1) is 16.0. The number of aromatic nitrogens is 1. The third-order valence-electron chi connectivity index (χ3n) is 3.44. The number of anilines is 1. The van der Waals surface area contributed by atoms with Gasteiger partial charge in [0.2, 0.25) is 5.91 Å². The summed E-state index contributed by atoms with van der Waals surface area (Å²) in [7, 11) is 0. The molecule has 0 fully saturated rings. The van der Waals surface area contributed by atoms with Gasteiger partial charge in [0.05, 0.1) is 12.1 Å². The molecule has 0 unspecified atom stereocenters. The van der Waals surface area contributed by atoms with Gasteiger partial charge in [-0.3, -0.25) is 4.79 Å². The number of hydrogen-bond donors (Lipinski definition) is 3. The number of phenols is 2. The van der Waals surface area contributed by atoms with Crippen molar-refractivity contribution >= 4 is 22.9 Å². The van der Waals surface area contributed by atoms with E-state index in [0.29, 0.717) is 16.3 Å². The van der Waals surface area contributed by atoms with E-state index in [1.807, 2.05) is 36.6 Å². The summed E-state index contributed by atoms with van der Waals surface area (Å²) in [6, 6.07) is 12.1. The Labute approximate surface area is 143 Å². The maximum Gasteiger partial charge on any atom is 0.231 e. The molecule has 2 aromatic carbocycles. The monoisotopic (exact) mass is 340 g/mol. The van der Waals surface area contributed by atoms with Crippen molar-refractivity contribution in [3.8, 4) is 22.8 Å². The summed E-state index contributed by atoms with van der Waals surface area (Å²) < 4.78 is 0. The fourth-order valence-electron chi connectivity index (χ4n) is 2.27. The minimum Gasteiger partial charge on any atom is -0.504 e. The van der Waals surface area contributed by atoms with E-state index < -0.39 is 0 Å². The molecule has 0 saturated carbocycles. The Morgan fingerprint density at radius 3 is 2.75 bits per heavy atom. The van der Waals surface area contributed by atoms with Crippen LogP contribution in [0.15, 0.2) is 47.8 Å². The third kappa shape index (κ3) is 3.72. The topological polar surface area (TPSA) is 82.5 Å². The van der Waals surface area contributed by atoms with Gasteiger partial charge in [-0.1, -0.05) is 12.1 Å². The van der Waals surface area contributed by atoms with Gasteiger partial charge in [0.1, 0.15) is 5.01 Å². The SMILES string of the molecule is Cc1cccc(NC(=O)Cc2nc(-c3ccc(O)c(O)c3)cs2)c1. The predicted octanol–water partition coefficient (Wildman–Crippen LogP) is 3.71. The Hall–Kier alpha value is -2.86. The number of aromatic hydroxyl groups is 2. The first-order chi connectivity index (χ1) is 11.5. The summed E-state index contributed by atoms with van der Waals surface area (Å²) in [6.07, 6.45) is 0.183. The van der Waals surface area contributed by atoms with Crippen molar-refractivity contribution in [2.45, 2.75) is 13.3 Å². The van der Waals surface area contributed by atoms with E-state index >= 15 is 0 Å². The summed E-state index contributed by atoms with van der Waals surface area (Å²) in [6.45, 7) is 1.97. The highest BCUT2D eigenvalue weighted by Crippen LogP contribution is 2.31. The molecule has 1 aromatic heterocycles. The number of thiazole rings is 1. The lowest BCUT2D eigenvalue weighted by atomic mass is 10.1. The Kier molecular flexibility index (Phi) is 4.48. The van der Waals surface area contributed by atoms with Crippen LogP contribution in [-0.2, 0) is 11.2 Å². The van der Waals surface area contributed by atoms with Crippen LogP contribution in [0.5, 0.6) is 11.5 Å². The van der Waals surface area contributed by atoms with Gasteiger partial charge in [0.15, 0.2) is 11.5 Å². The maximum atomic E-state index is 12.1. The zero-order valence-electron chi connectivity index (χ0n) is 13.0. The predicted molar refractivity (Wildman–Crippen MR) is 94.4 cm³/mol. The number of carbonyl (C=O) groups is 1. The minimum absolute atomic E-state index is 0.130. The van der Waals surface area contributed by atoms with Gasteiger partial charge in [0.25, 0.3) is 0 Å². The van der Waals surface area contributed by atoms with Crippen molar-refractivity contribution in [1.29, 1.82) is 0 Å². The van der Waals surface area contributed by atoms with Crippen molar-refractivity contribution in [2.24, 2.45) is 0 Å². The molecule has 122 valence electrons. The summed E-state index contributed by atoms with van der Waals surface area (Å²) in [5.41, 5.74) is 3.19. The van der Waals surface area contributed by atoms with E-state index in [1.54, 1.807) is 6.07 Å². The van der Waals surface area contributed by atoms with E-state index in [0.717, 1.165) is 11.3 Å². The van der Waals surface area contributed by atoms with Gasteiger partial charge in [-0.25, -0.2) is 4.98 Å². The number of phenolic OH excluding ortho intramolecular Hbond substituents is 2. The lowest BCUT2D eigenvalue weighted by Gasteiger charge is -2.04. The molecule has 0 aliphatic heterocycles. The molecule has 1 amide bonds. The van der Waals surface area contributed by atoms with Gasteiger partial charge in [-0.05, 0) is 42.8 Å². The van der Waals surface area contributed by atoms with Crippen LogP contribution in [0.4, 0.5) is 5.69 Å².